The summed E-state index contributed by atoms with van der Waals surface area (Å²) in [5.41, 5.74) is 5.66. The number of rotatable bonds is 4. The summed E-state index contributed by atoms with van der Waals surface area (Å²) in [5, 5.41) is 13.2. The minimum absolute atomic E-state index is 0.405. The van der Waals surface area contributed by atoms with Gasteiger partial charge >= 0.3 is 0 Å². The van der Waals surface area contributed by atoms with Gasteiger partial charge in [-0.3, -0.25) is 0 Å². The van der Waals surface area contributed by atoms with Crippen LogP contribution < -0.4 is 5.32 Å². The lowest BCUT2D eigenvalue weighted by Crippen LogP contribution is -2.12. The molecule has 2 N–H and O–H groups in total. The van der Waals surface area contributed by atoms with Crippen LogP contribution in [0.25, 0.3) is 0 Å². The number of nitrogens with one attached hydrogen (secondary N) is 1. The zero-order valence-corrected chi connectivity index (χ0v) is 11.8. The largest absolute Gasteiger partial charge is 0.507 e. The summed E-state index contributed by atoms with van der Waals surface area (Å²) in [5.74, 6) is 0.405. The molecule has 100 valence electrons. The fourth-order valence-electron chi connectivity index (χ4n) is 2.20. The Bertz CT molecular complexity index is 535. The Morgan fingerprint density at radius 1 is 0.842 bits per heavy atom. The molecule has 2 rings (SSSR count). The quantitative estimate of drug-likeness (QED) is 0.874. The van der Waals surface area contributed by atoms with Crippen molar-refractivity contribution in [3.8, 4) is 5.75 Å². The van der Waals surface area contributed by atoms with Gasteiger partial charge < -0.3 is 10.4 Å². The predicted molar refractivity (Wildman–Crippen MR) is 79.3 cm³/mol. The zero-order valence-electron chi connectivity index (χ0n) is 11.8. The molecule has 0 spiro atoms. The first kappa shape index (κ1) is 13.6. The van der Waals surface area contributed by atoms with E-state index >= 15 is 0 Å². The predicted octanol–water partition coefficient (Wildman–Crippen LogP) is 3.61. The summed E-state index contributed by atoms with van der Waals surface area (Å²) >= 11 is 0. The molecule has 0 bridgehead atoms. The van der Waals surface area contributed by atoms with E-state index in [0.29, 0.717) is 5.75 Å². The third-order valence-electron chi connectivity index (χ3n) is 3.33. The Morgan fingerprint density at radius 2 is 1.37 bits per heavy atom. The molecule has 0 amide bonds. The van der Waals surface area contributed by atoms with Crippen LogP contribution in [0.1, 0.15) is 27.8 Å². The summed E-state index contributed by atoms with van der Waals surface area (Å²) in [6.07, 6.45) is 0. The van der Waals surface area contributed by atoms with E-state index in [1.165, 1.54) is 16.7 Å². The molecule has 19 heavy (non-hydrogen) atoms. The maximum atomic E-state index is 9.74. The van der Waals surface area contributed by atoms with Crippen molar-refractivity contribution in [2.24, 2.45) is 0 Å². The molecule has 2 heteroatoms. The summed E-state index contributed by atoms with van der Waals surface area (Å²) < 4.78 is 0. The summed E-state index contributed by atoms with van der Waals surface area (Å²) in [6.45, 7) is 7.64. The van der Waals surface area contributed by atoms with Crippen molar-refractivity contribution in [1.82, 2.24) is 5.32 Å². The molecule has 0 heterocycles. The van der Waals surface area contributed by atoms with E-state index in [2.05, 4.69) is 36.5 Å². The monoisotopic (exact) mass is 255 g/mol. The second-order valence-electron chi connectivity index (χ2n) is 5.17. The summed E-state index contributed by atoms with van der Waals surface area (Å²) in [6, 6.07) is 12.6. The Morgan fingerprint density at radius 3 is 1.95 bits per heavy atom. The number of aromatic hydroxyl groups is 1. The van der Waals surface area contributed by atoms with E-state index in [9.17, 15) is 5.11 Å². The standard InChI is InChI=1S/C17H21NO/c1-12-4-6-15(7-5-12)10-18-11-16-8-13(2)17(19)14(3)9-16/h4-9,18-19H,10-11H2,1-3H3. The van der Waals surface area contributed by atoms with E-state index in [1.807, 2.05) is 26.0 Å². The smallest absolute Gasteiger partial charge is 0.121 e. The van der Waals surface area contributed by atoms with Crippen LogP contribution in [0.4, 0.5) is 0 Å². The van der Waals surface area contributed by atoms with Crippen molar-refractivity contribution in [1.29, 1.82) is 0 Å². The van der Waals surface area contributed by atoms with Crippen molar-refractivity contribution in [3.05, 3.63) is 64.2 Å². The van der Waals surface area contributed by atoms with E-state index in [0.717, 1.165) is 24.2 Å². The molecule has 2 nitrogen and oxygen atoms in total. The minimum atomic E-state index is 0.405. The molecule has 0 aliphatic carbocycles. The Balaban J connectivity index is 1.94. The molecule has 0 fully saturated rings. The van der Waals surface area contributed by atoms with Gasteiger partial charge in [0.15, 0.2) is 0 Å². The third-order valence-corrected chi connectivity index (χ3v) is 3.33. The average Bonchev–Trinajstić information content (AvgIpc) is 2.38. The first-order valence-electron chi connectivity index (χ1n) is 6.61. The van der Waals surface area contributed by atoms with Gasteiger partial charge in [0, 0.05) is 13.1 Å². The van der Waals surface area contributed by atoms with Gasteiger partial charge in [0.25, 0.3) is 0 Å². The number of aryl methyl sites for hydroxylation is 3. The minimum Gasteiger partial charge on any atom is -0.507 e. The molecule has 0 radical (unpaired) electrons. The van der Waals surface area contributed by atoms with Crippen LogP contribution in [0.2, 0.25) is 0 Å². The normalized spacial score (nSPS) is 10.7. The number of phenols is 1. The molecule has 0 unspecified atom stereocenters. The van der Waals surface area contributed by atoms with Crippen LogP contribution in [0.3, 0.4) is 0 Å². The highest BCUT2D eigenvalue weighted by Crippen LogP contribution is 2.22. The van der Waals surface area contributed by atoms with Crippen LogP contribution in [0, 0.1) is 20.8 Å². The van der Waals surface area contributed by atoms with Gasteiger partial charge in [-0.05, 0) is 43.0 Å². The molecule has 2 aromatic carbocycles. The van der Waals surface area contributed by atoms with Gasteiger partial charge in [0.2, 0.25) is 0 Å². The molecule has 0 saturated heterocycles. The van der Waals surface area contributed by atoms with Gasteiger partial charge in [-0.2, -0.15) is 0 Å². The van der Waals surface area contributed by atoms with E-state index < -0.39 is 0 Å². The van der Waals surface area contributed by atoms with Gasteiger partial charge in [0.05, 0.1) is 0 Å². The lowest BCUT2D eigenvalue weighted by atomic mass is 10.1. The number of hydrogen-bond acceptors (Lipinski definition) is 2. The summed E-state index contributed by atoms with van der Waals surface area (Å²) in [4.78, 5) is 0. The van der Waals surface area contributed by atoms with Crippen molar-refractivity contribution in [2.75, 3.05) is 0 Å². The maximum Gasteiger partial charge on any atom is 0.121 e. The lowest BCUT2D eigenvalue weighted by Gasteiger charge is -2.09. The number of hydrogen-bond donors (Lipinski definition) is 2. The lowest BCUT2D eigenvalue weighted by molar-refractivity contribution is 0.466. The average molecular weight is 255 g/mol. The topological polar surface area (TPSA) is 32.3 Å². The van der Waals surface area contributed by atoms with Crippen LogP contribution >= 0.6 is 0 Å². The molecule has 0 aliphatic rings. The van der Waals surface area contributed by atoms with E-state index in [-0.39, 0.29) is 0 Å². The zero-order chi connectivity index (χ0) is 13.8. The van der Waals surface area contributed by atoms with Crippen molar-refractivity contribution in [2.45, 2.75) is 33.9 Å². The van der Waals surface area contributed by atoms with Crippen LogP contribution in [0.15, 0.2) is 36.4 Å². The maximum absolute atomic E-state index is 9.74. The van der Waals surface area contributed by atoms with E-state index in [1.54, 1.807) is 0 Å². The fourth-order valence-corrected chi connectivity index (χ4v) is 2.20. The molecular weight excluding hydrogens is 234 g/mol. The Hall–Kier alpha value is -1.80. The molecule has 0 saturated carbocycles. The van der Waals surface area contributed by atoms with Gasteiger partial charge in [0.1, 0.15) is 5.75 Å². The first-order valence-corrected chi connectivity index (χ1v) is 6.61. The fraction of sp³-hybridized carbons (Fsp3) is 0.294. The first-order chi connectivity index (χ1) is 9.06. The SMILES string of the molecule is Cc1ccc(CNCc2cc(C)c(O)c(C)c2)cc1. The molecular formula is C17H21NO. The highest BCUT2D eigenvalue weighted by Gasteiger charge is 2.03. The van der Waals surface area contributed by atoms with Crippen molar-refractivity contribution >= 4 is 0 Å². The Labute approximate surface area is 115 Å². The Kier molecular flexibility index (Phi) is 4.23. The molecule has 0 aromatic heterocycles. The number of phenolic OH excluding ortho intramolecular Hbond substituents is 1. The van der Waals surface area contributed by atoms with Crippen LogP contribution in [0.5, 0.6) is 5.75 Å². The number of benzene rings is 2. The summed E-state index contributed by atoms with van der Waals surface area (Å²) in [7, 11) is 0. The highest BCUT2D eigenvalue weighted by molar-refractivity contribution is 5.42. The van der Waals surface area contributed by atoms with Gasteiger partial charge in [-0.25, -0.2) is 0 Å². The van der Waals surface area contributed by atoms with E-state index in [4.69, 9.17) is 0 Å². The van der Waals surface area contributed by atoms with Gasteiger partial charge in [-0.1, -0.05) is 42.0 Å². The highest BCUT2D eigenvalue weighted by atomic mass is 16.3. The van der Waals surface area contributed by atoms with Crippen molar-refractivity contribution < 1.29 is 5.11 Å². The van der Waals surface area contributed by atoms with Crippen molar-refractivity contribution in [3.63, 3.8) is 0 Å². The molecule has 2 aromatic rings. The second kappa shape index (κ2) is 5.89. The second-order valence-corrected chi connectivity index (χ2v) is 5.17. The van der Waals surface area contributed by atoms with Crippen LogP contribution in [-0.2, 0) is 13.1 Å². The third kappa shape index (κ3) is 3.58. The molecule has 0 atom stereocenters. The molecule has 0 aliphatic heterocycles. The van der Waals surface area contributed by atoms with Crippen LogP contribution in [-0.4, -0.2) is 5.11 Å². The van der Waals surface area contributed by atoms with Gasteiger partial charge in [-0.15, -0.1) is 0 Å².